The minimum atomic E-state index is -1.54. The number of carbonyl (C=O) groups is 3. The van der Waals surface area contributed by atoms with Crippen LogP contribution in [0.2, 0.25) is 0 Å². The fourth-order valence-corrected chi connectivity index (χ4v) is 5.65. The number of benzene rings is 3. The zero-order valence-corrected chi connectivity index (χ0v) is 23.7. The third kappa shape index (κ3) is 6.43. The molecule has 3 N–H and O–H groups in total. The van der Waals surface area contributed by atoms with Crippen molar-refractivity contribution in [3.05, 3.63) is 88.2 Å². The van der Waals surface area contributed by atoms with Crippen LogP contribution < -0.4 is 0 Å². The summed E-state index contributed by atoms with van der Waals surface area (Å²) in [6, 6.07) is 10.0. The maximum Gasteiger partial charge on any atom is 0.339 e. The van der Waals surface area contributed by atoms with E-state index in [2.05, 4.69) is 63.7 Å². The van der Waals surface area contributed by atoms with Gasteiger partial charge in [0.15, 0.2) is 0 Å². The molecule has 12 heteroatoms. The molecule has 3 aromatic carbocycles. The summed E-state index contributed by atoms with van der Waals surface area (Å²) in [5.74, 6) is -3.84. The summed E-state index contributed by atoms with van der Waals surface area (Å²) in [6.45, 7) is -0.707. The predicted molar refractivity (Wildman–Crippen MR) is 139 cm³/mol. The summed E-state index contributed by atoms with van der Waals surface area (Å²) in [7, 11) is 0. The van der Waals surface area contributed by atoms with Crippen LogP contribution in [0.15, 0.2) is 60.4 Å². The summed E-state index contributed by atoms with van der Waals surface area (Å²) >= 11 is 12.9. The molecule has 0 aliphatic rings. The van der Waals surface area contributed by atoms with Crippen molar-refractivity contribution in [2.75, 3.05) is 0 Å². The molecule has 0 saturated carbocycles. The smallest absolute Gasteiger partial charge is 0.339 e. The molecule has 182 valence electrons. The number of hydrogen-bond acceptors (Lipinski definition) is 7. The highest BCUT2D eigenvalue weighted by Crippen LogP contribution is 2.33. The normalized spacial score (nSPS) is 10.6. The molecule has 0 aliphatic heterocycles. The van der Waals surface area contributed by atoms with Crippen LogP contribution in [-0.2, 0) is 22.7 Å². The van der Waals surface area contributed by atoms with Gasteiger partial charge in [-0.15, -0.1) is 0 Å². The molecular weight excluding hydrogens is 724 g/mol. The maximum absolute atomic E-state index is 12.7. The Morgan fingerprint density at radius 2 is 1.11 bits per heavy atom. The number of phenolic OH excluding ortho intramolecular Hbond substituents is 2. The Balaban J connectivity index is 1.84. The summed E-state index contributed by atoms with van der Waals surface area (Å²) in [5.41, 5.74) is -0.789. The van der Waals surface area contributed by atoms with Crippen molar-refractivity contribution in [3.8, 4) is 11.5 Å². The minimum absolute atomic E-state index is 0.140. The summed E-state index contributed by atoms with van der Waals surface area (Å²) in [5, 5.41) is 30.0. The molecule has 8 nitrogen and oxygen atoms in total. The Labute approximate surface area is 232 Å². The van der Waals surface area contributed by atoms with Gasteiger partial charge in [-0.05, 0) is 68.3 Å². The number of aromatic carboxylic acids is 1. The Bertz CT molecular complexity index is 1250. The van der Waals surface area contributed by atoms with Gasteiger partial charge in [-0.2, -0.15) is 0 Å². The molecule has 0 bridgehead atoms. The zero-order valence-electron chi connectivity index (χ0n) is 17.4. The number of carboxylic acid groups (broad SMARTS) is 1. The number of carboxylic acids is 1. The van der Waals surface area contributed by atoms with Crippen molar-refractivity contribution in [3.63, 3.8) is 0 Å². The van der Waals surface area contributed by atoms with E-state index in [0.29, 0.717) is 17.9 Å². The summed E-state index contributed by atoms with van der Waals surface area (Å²) in [4.78, 5) is 37.4. The first kappa shape index (κ1) is 27.2. The molecule has 3 rings (SSSR count). The largest absolute Gasteiger partial charge is 0.506 e. The molecule has 0 aromatic heterocycles. The first-order chi connectivity index (χ1) is 16.5. The van der Waals surface area contributed by atoms with Crippen molar-refractivity contribution in [2.24, 2.45) is 0 Å². The molecule has 0 spiro atoms. The van der Waals surface area contributed by atoms with E-state index in [4.69, 9.17) is 9.47 Å². The number of phenols is 2. The minimum Gasteiger partial charge on any atom is -0.506 e. The van der Waals surface area contributed by atoms with Gasteiger partial charge >= 0.3 is 17.9 Å². The van der Waals surface area contributed by atoms with E-state index >= 15 is 0 Å². The second kappa shape index (κ2) is 11.5. The number of hydrogen-bond donors (Lipinski definition) is 3. The zero-order chi connectivity index (χ0) is 25.9. The van der Waals surface area contributed by atoms with E-state index in [0.717, 1.165) is 0 Å². The van der Waals surface area contributed by atoms with Crippen LogP contribution in [-0.4, -0.2) is 33.2 Å². The van der Waals surface area contributed by atoms with E-state index in [1.165, 1.54) is 30.3 Å². The molecular formula is C23H14Br4O8. The van der Waals surface area contributed by atoms with Crippen LogP contribution in [0.1, 0.15) is 42.2 Å². The molecule has 0 heterocycles. The van der Waals surface area contributed by atoms with Crippen molar-refractivity contribution in [2.45, 2.75) is 13.2 Å². The Kier molecular flexibility index (Phi) is 8.97. The van der Waals surface area contributed by atoms with Gasteiger partial charge in [0.05, 0.1) is 25.6 Å². The lowest BCUT2D eigenvalue weighted by Crippen LogP contribution is -2.18. The van der Waals surface area contributed by atoms with E-state index in [9.17, 15) is 29.7 Å². The van der Waals surface area contributed by atoms with Gasteiger partial charge < -0.3 is 24.8 Å². The molecule has 0 aliphatic carbocycles. The SMILES string of the molecule is O=C(OCc1cc(Br)cc(Br)c1O)c1cccc(C(=O)OCc2cc(Br)cc(Br)c2O)c1C(=O)O. The van der Waals surface area contributed by atoms with Gasteiger partial charge in [0.2, 0.25) is 0 Å². The van der Waals surface area contributed by atoms with Crippen molar-refractivity contribution in [1.82, 2.24) is 0 Å². The quantitative estimate of drug-likeness (QED) is 0.233. The number of ether oxygens (including phenoxy) is 2. The second-order valence-corrected chi connectivity index (χ2v) is 10.5. The molecule has 0 atom stereocenters. The van der Waals surface area contributed by atoms with Crippen LogP contribution in [0.4, 0.5) is 0 Å². The van der Waals surface area contributed by atoms with Crippen molar-refractivity contribution >= 4 is 81.6 Å². The van der Waals surface area contributed by atoms with Crippen LogP contribution in [0.5, 0.6) is 11.5 Å². The van der Waals surface area contributed by atoms with Crippen LogP contribution in [0, 0.1) is 0 Å². The van der Waals surface area contributed by atoms with Crippen LogP contribution in [0.3, 0.4) is 0 Å². The third-order valence-electron chi connectivity index (χ3n) is 4.65. The van der Waals surface area contributed by atoms with Gasteiger partial charge in [0.25, 0.3) is 0 Å². The first-order valence-corrected chi connectivity index (χ1v) is 12.7. The maximum atomic E-state index is 12.7. The molecule has 0 amide bonds. The van der Waals surface area contributed by atoms with Gasteiger partial charge in [0, 0.05) is 20.1 Å². The van der Waals surface area contributed by atoms with Gasteiger partial charge in [0.1, 0.15) is 24.7 Å². The lowest BCUT2D eigenvalue weighted by molar-refractivity contribution is 0.0451. The molecule has 0 saturated heterocycles. The monoisotopic (exact) mass is 734 g/mol. The molecule has 0 radical (unpaired) electrons. The second-order valence-electron chi connectivity index (χ2n) is 6.98. The number of rotatable bonds is 7. The average Bonchev–Trinajstić information content (AvgIpc) is 2.80. The fraction of sp³-hybridized carbons (Fsp3) is 0.0870. The Hall–Kier alpha value is -2.41. The van der Waals surface area contributed by atoms with Crippen molar-refractivity contribution in [1.29, 1.82) is 0 Å². The number of carbonyl (C=O) groups excluding carboxylic acids is 2. The number of esters is 2. The number of halogens is 4. The molecule has 3 aromatic rings. The highest BCUT2D eigenvalue weighted by Gasteiger charge is 2.26. The molecule has 35 heavy (non-hydrogen) atoms. The highest BCUT2D eigenvalue weighted by atomic mass is 79.9. The van der Waals surface area contributed by atoms with Gasteiger partial charge in [-0.3, -0.25) is 0 Å². The van der Waals surface area contributed by atoms with Crippen LogP contribution >= 0.6 is 63.7 Å². The topological polar surface area (TPSA) is 130 Å². The lowest BCUT2D eigenvalue weighted by Gasteiger charge is -2.13. The lowest BCUT2D eigenvalue weighted by atomic mass is 10.0. The predicted octanol–water partition coefficient (Wildman–Crippen LogP) is 6.56. The fourth-order valence-electron chi connectivity index (χ4n) is 3.02. The van der Waals surface area contributed by atoms with Gasteiger partial charge in [-0.25, -0.2) is 14.4 Å². The van der Waals surface area contributed by atoms with E-state index in [1.807, 2.05) is 0 Å². The summed E-state index contributed by atoms with van der Waals surface area (Å²) in [6.07, 6.45) is 0. The standard InChI is InChI=1S/C23H14Br4O8/c24-12-4-10(19(28)16(26)6-12)8-34-22(32)14-2-1-3-15(18(14)21(30)31)23(33)35-9-11-5-13(25)7-17(27)20(11)29/h1-7,28-29H,8-9H2,(H,30,31). The average molecular weight is 738 g/mol. The molecule has 0 fully saturated rings. The third-order valence-corrected chi connectivity index (χ3v) is 6.77. The van der Waals surface area contributed by atoms with E-state index in [1.54, 1.807) is 12.1 Å². The Morgan fingerprint density at radius 1 is 0.714 bits per heavy atom. The number of aromatic hydroxyl groups is 2. The Morgan fingerprint density at radius 3 is 1.49 bits per heavy atom. The van der Waals surface area contributed by atoms with Gasteiger partial charge in [-0.1, -0.05) is 37.9 Å². The van der Waals surface area contributed by atoms with Crippen LogP contribution in [0.25, 0.3) is 0 Å². The highest BCUT2D eigenvalue weighted by molar-refractivity contribution is 9.11. The molecule has 0 unspecified atom stereocenters. The van der Waals surface area contributed by atoms with Crippen molar-refractivity contribution < 1.29 is 39.2 Å². The first-order valence-electron chi connectivity index (χ1n) is 9.54. The van der Waals surface area contributed by atoms with E-state index < -0.39 is 23.5 Å². The van der Waals surface area contributed by atoms with E-state index in [-0.39, 0.29) is 47.0 Å². The summed E-state index contributed by atoms with van der Waals surface area (Å²) < 4.78 is 12.4.